The van der Waals surface area contributed by atoms with Gasteiger partial charge < -0.3 is 4.57 Å². The van der Waals surface area contributed by atoms with Crippen molar-refractivity contribution in [1.82, 2.24) is 13.7 Å². The van der Waals surface area contributed by atoms with Crippen molar-refractivity contribution < 1.29 is 25.3 Å². The molecule has 0 fully saturated rings. The van der Waals surface area contributed by atoms with E-state index in [4.69, 9.17) is 5.14 Å². The number of benzene rings is 2. The molecular formula is C31H49N5O6S4. The van der Waals surface area contributed by atoms with Crippen LogP contribution in [0.25, 0.3) is 10.2 Å². The van der Waals surface area contributed by atoms with Crippen LogP contribution in [0.5, 0.6) is 0 Å². The molecule has 0 unspecified atom stereocenters. The minimum Gasteiger partial charge on any atom is -0.318 e. The fraction of sp³-hybridized carbons (Fsp3) is 0.581. The van der Waals surface area contributed by atoms with Crippen LogP contribution in [0.3, 0.4) is 0 Å². The highest BCUT2D eigenvalue weighted by Gasteiger charge is 2.22. The zero-order chi connectivity index (χ0) is 33.8. The van der Waals surface area contributed by atoms with E-state index in [0.717, 1.165) is 48.2 Å². The molecule has 0 saturated heterocycles. The van der Waals surface area contributed by atoms with Crippen LogP contribution >= 0.6 is 11.3 Å². The van der Waals surface area contributed by atoms with Gasteiger partial charge in [-0.3, -0.25) is 0 Å². The first kappa shape index (κ1) is 38.2. The summed E-state index contributed by atoms with van der Waals surface area (Å²) in [5, 5.41) is 9.10. The molecule has 11 nitrogen and oxygen atoms in total. The second kappa shape index (κ2) is 17.7. The Morgan fingerprint density at radius 2 is 1.22 bits per heavy atom. The average molecular weight is 716 g/mol. The molecule has 0 atom stereocenters. The second-order valence-electron chi connectivity index (χ2n) is 11.7. The van der Waals surface area contributed by atoms with E-state index in [0.29, 0.717) is 16.9 Å². The number of primary sulfonamides is 1. The van der Waals surface area contributed by atoms with Crippen LogP contribution in [0.4, 0.5) is 0 Å². The first-order valence-corrected chi connectivity index (χ1v) is 21.3. The predicted molar refractivity (Wildman–Crippen MR) is 185 cm³/mol. The SMILES string of the molecule is CCCCCCCCCCCCCCCCN(C)S(=O)(=O)c1ccc2s/c(=N\NS(=O)(=O)c3ccc(S(N)(=O)=O)cc3)n(C)c2c1. The van der Waals surface area contributed by atoms with Crippen molar-refractivity contribution in [3.05, 3.63) is 47.3 Å². The first-order chi connectivity index (χ1) is 21.8. The third kappa shape index (κ3) is 11.2. The lowest BCUT2D eigenvalue weighted by Crippen LogP contribution is -2.28. The molecule has 1 aromatic heterocycles. The number of nitrogens with one attached hydrogen (secondary N) is 1. The van der Waals surface area contributed by atoms with E-state index in [1.165, 1.54) is 86.3 Å². The highest BCUT2D eigenvalue weighted by Crippen LogP contribution is 2.23. The van der Waals surface area contributed by atoms with Crippen molar-refractivity contribution in [2.45, 2.75) is 112 Å². The Bertz CT molecular complexity index is 1800. The van der Waals surface area contributed by atoms with Gasteiger partial charge >= 0.3 is 0 Å². The smallest absolute Gasteiger partial charge is 0.276 e. The molecule has 3 N–H and O–H groups in total. The fourth-order valence-electron chi connectivity index (χ4n) is 5.16. The lowest BCUT2D eigenvalue weighted by Gasteiger charge is -2.17. The Hall–Kier alpha value is -2.30. The molecule has 0 spiro atoms. The maximum Gasteiger partial charge on any atom is 0.276 e. The van der Waals surface area contributed by atoms with E-state index in [1.54, 1.807) is 36.9 Å². The molecule has 0 aliphatic rings. The molecule has 258 valence electrons. The summed E-state index contributed by atoms with van der Waals surface area (Å²) >= 11 is 1.19. The van der Waals surface area contributed by atoms with Crippen molar-refractivity contribution in [3.8, 4) is 0 Å². The van der Waals surface area contributed by atoms with Gasteiger partial charge in [0.2, 0.25) is 24.8 Å². The van der Waals surface area contributed by atoms with Gasteiger partial charge in [0.05, 0.1) is 24.9 Å². The number of nitrogens with zero attached hydrogens (tertiary/aromatic N) is 3. The number of aryl methyl sites for hydroxylation is 1. The molecule has 46 heavy (non-hydrogen) atoms. The van der Waals surface area contributed by atoms with Gasteiger partial charge in [-0.2, -0.15) is 13.2 Å². The van der Waals surface area contributed by atoms with Crippen LogP contribution < -0.4 is 14.8 Å². The summed E-state index contributed by atoms with van der Waals surface area (Å²) in [7, 11) is -8.51. The van der Waals surface area contributed by atoms with Crippen molar-refractivity contribution in [3.63, 3.8) is 0 Å². The Morgan fingerprint density at radius 1 is 0.739 bits per heavy atom. The molecule has 0 aliphatic heterocycles. The van der Waals surface area contributed by atoms with Crippen LogP contribution in [0.1, 0.15) is 96.8 Å². The lowest BCUT2D eigenvalue weighted by molar-refractivity contribution is 0.447. The molecule has 15 heteroatoms. The van der Waals surface area contributed by atoms with E-state index in [2.05, 4.69) is 16.9 Å². The summed E-state index contributed by atoms with van der Waals surface area (Å²) < 4.78 is 78.7. The summed E-state index contributed by atoms with van der Waals surface area (Å²) in [6.45, 7) is 2.69. The molecular weight excluding hydrogens is 667 g/mol. The first-order valence-electron chi connectivity index (χ1n) is 16.0. The Morgan fingerprint density at radius 3 is 1.74 bits per heavy atom. The van der Waals surface area contributed by atoms with Gasteiger partial charge in [0, 0.05) is 20.6 Å². The largest absolute Gasteiger partial charge is 0.318 e. The quantitative estimate of drug-likeness (QED) is 0.105. The topological polar surface area (TPSA) is 161 Å². The molecule has 3 rings (SSSR count). The van der Waals surface area contributed by atoms with Crippen molar-refractivity contribution in [1.29, 1.82) is 0 Å². The Kier molecular flexibility index (Phi) is 14.7. The Labute approximate surface area is 279 Å². The molecule has 0 radical (unpaired) electrons. The molecule has 2 aromatic carbocycles. The number of aromatic nitrogens is 1. The molecule has 3 aromatic rings. The van der Waals surface area contributed by atoms with Gasteiger partial charge in [-0.1, -0.05) is 102 Å². The minimum atomic E-state index is -4.10. The maximum absolute atomic E-state index is 13.3. The molecule has 0 saturated carbocycles. The van der Waals surface area contributed by atoms with Gasteiger partial charge in [-0.15, -0.1) is 5.10 Å². The van der Waals surface area contributed by atoms with E-state index in [1.807, 2.05) is 0 Å². The van der Waals surface area contributed by atoms with Crippen molar-refractivity contribution in [2.75, 3.05) is 13.6 Å². The number of sulfonamides is 3. The number of thiazole rings is 1. The van der Waals surface area contributed by atoms with Crippen LogP contribution in [-0.4, -0.2) is 47.7 Å². The summed E-state index contributed by atoms with van der Waals surface area (Å²) in [6.07, 6.45) is 17.4. The third-order valence-corrected chi connectivity index (χ3v) is 13.2. The van der Waals surface area contributed by atoms with Crippen LogP contribution in [0.15, 0.2) is 62.3 Å². The van der Waals surface area contributed by atoms with Crippen LogP contribution in [0.2, 0.25) is 0 Å². The van der Waals surface area contributed by atoms with Gasteiger partial charge in [0.15, 0.2) is 0 Å². The number of rotatable bonds is 21. The van der Waals surface area contributed by atoms with Crippen LogP contribution in [0, 0.1) is 0 Å². The Balaban J connectivity index is 1.50. The third-order valence-electron chi connectivity index (χ3n) is 8.04. The number of unbranched alkanes of at least 4 members (excludes halogenated alkanes) is 13. The number of hydrogen-bond donors (Lipinski definition) is 2. The predicted octanol–water partition coefficient (Wildman–Crippen LogP) is 5.78. The van der Waals surface area contributed by atoms with Gasteiger partial charge in [-0.25, -0.2) is 26.3 Å². The van der Waals surface area contributed by atoms with Gasteiger partial charge in [-0.05, 0) is 48.9 Å². The summed E-state index contributed by atoms with van der Waals surface area (Å²) in [5.41, 5.74) is 0.589. The zero-order valence-electron chi connectivity index (χ0n) is 27.1. The number of nitrogens with two attached hydrogens (primary N) is 1. The fourth-order valence-corrected chi connectivity index (χ4v) is 8.73. The van der Waals surface area contributed by atoms with E-state index in [9.17, 15) is 25.3 Å². The lowest BCUT2D eigenvalue weighted by atomic mass is 10.0. The summed E-state index contributed by atoms with van der Waals surface area (Å²) in [6, 6.07) is 9.25. The molecule has 0 amide bonds. The normalized spacial score (nSPS) is 13.2. The maximum atomic E-state index is 13.3. The number of hydrogen-bond acceptors (Lipinski definition) is 8. The molecule has 1 heterocycles. The van der Waals surface area contributed by atoms with E-state index in [-0.39, 0.29) is 14.7 Å². The standard InChI is InChI=1S/C31H49N5O6S4/c1-4-5-6-7-8-9-10-11-12-13-14-15-16-17-24-35(2)46(41,42)28-22-23-30-29(25-28)36(3)31(43-30)33-34-45(39,40)27-20-18-26(19-21-27)44(32,37)38/h18-23,25,34H,4-17,24H2,1-3H3,(H2,32,37,38)/b33-31-. The zero-order valence-corrected chi connectivity index (χ0v) is 30.4. The molecule has 0 aliphatic carbocycles. The monoisotopic (exact) mass is 715 g/mol. The van der Waals surface area contributed by atoms with Crippen molar-refractivity contribution in [2.24, 2.45) is 17.3 Å². The van der Waals surface area contributed by atoms with Gasteiger partial charge in [0.25, 0.3) is 10.0 Å². The molecule has 0 bridgehead atoms. The highest BCUT2D eigenvalue weighted by molar-refractivity contribution is 7.90. The number of fused-ring (bicyclic) bond motifs is 1. The summed E-state index contributed by atoms with van der Waals surface area (Å²) in [5.74, 6) is 0. The highest BCUT2D eigenvalue weighted by atomic mass is 32.2. The van der Waals surface area contributed by atoms with Gasteiger partial charge in [0.1, 0.15) is 0 Å². The van der Waals surface area contributed by atoms with E-state index < -0.39 is 30.1 Å². The second-order valence-corrected chi connectivity index (χ2v) is 18.0. The van der Waals surface area contributed by atoms with E-state index >= 15 is 0 Å². The summed E-state index contributed by atoms with van der Waals surface area (Å²) in [4.78, 5) is 2.20. The van der Waals surface area contributed by atoms with Crippen LogP contribution in [-0.2, 0) is 37.1 Å². The minimum absolute atomic E-state index is 0.156. The average Bonchev–Trinajstić information content (AvgIpc) is 3.34. The van der Waals surface area contributed by atoms with Crippen molar-refractivity contribution >= 4 is 51.6 Å².